The Morgan fingerprint density at radius 1 is 1.00 bits per heavy atom. The summed E-state index contributed by atoms with van der Waals surface area (Å²) in [5.74, 6) is 1.29. The van der Waals surface area contributed by atoms with Gasteiger partial charge in [0.25, 0.3) is 0 Å². The van der Waals surface area contributed by atoms with Gasteiger partial charge >= 0.3 is 0 Å². The van der Waals surface area contributed by atoms with E-state index in [4.69, 9.17) is 4.74 Å². The van der Waals surface area contributed by atoms with Crippen molar-refractivity contribution in [2.75, 3.05) is 0 Å². The molecule has 2 aromatic rings. The molecule has 0 aliphatic carbocycles. The van der Waals surface area contributed by atoms with Crippen LogP contribution in [0.2, 0.25) is 0 Å². The molecule has 2 heteroatoms. The Kier molecular flexibility index (Phi) is 2.49. The fourth-order valence-electron chi connectivity index (χ4n) is 2.04. The number of ether oxygens (including phenoxy) is 1. The van der Waals surface area contributed by atoms with Crippen LogP contribution in [0.25, 0.3) is 5.76 Å². The predicted octanol–water partition coefficient (Wildman–Crippen LogP) is 4.07. The zero-order valence-electron chi connectivity index (χ0n) is 10.2. The summed E-state index contributed by atoms with van der Waals surface area (Å²) in [5.41, 5.74) is 4.10. The molecule has 0 saturated heterocycles. The summed E-state index contributed by atoms with van der Waals surface area (Å²) in [6, 6.07) is 16.0. The molecule has 2 nitrogen and oxygen atoms in total. The average Bonchev–Trinajstić information content (AvgIpc) is 2.67. The zero-order chi connectivity index (χ0) is 12.5. The first-order chi connectivity index (χ1) is 8.74. The van der Waals surface area contributed by atoms with Crippen molar-refractivity contribution < 1.29 is 4.74 Å². The molecule has 0 radical (unpaired) electrons. The number of rotatable bonds is 1. The summed E-state index contributed by atoms with van der Waals surface area (Å²) in [7, 11) is 0. The van der Waals surface area contributed by atoms with E-state index in [1.54, 1.807) is 0 Å². The first-order valence-electron chi connectivity index (χ1n) is 5.86. The van der Waals surface area contributed by atoms with Gasteiger partial charge in [0.05, 0.1) is 5.69 Å². The van der Waals surface area contributed by atoms with Crippen LogP contribution in [-0.4, -0.2) is 5.90 Å². The lowest BCUT2D eigenvalue weighted by Crippen LogP contribution is -1.95. The third-order valence-corrected chi connectivity index (χ3v) is 2.91. The van der Waals surface area contributed by atoms with Gasteiger partial charge in [0.1, 0.15) is 5.76 Å². The van der Waals surface area contributed by atoms with E-state index in [1.165, 1.54) is 5.56 Å². The minimum atomic E-state index is 0.626. The molecule has 1 heterocycles. The number of nitrogens with zero attached hydrogens (tertiary/aromatic N) is 1. The molecular weight excluding hydrogens is 222 g/mol. The molecule has 3 rings (SSSR count). The molecule has 0 saturated carbocycles. The normalized spacial score (nSPS) is 15.6. The minimum absolute atomic E-state index is 0.626. The molecule has 0 unspecified atom stereocenters. The van der Waals surface area contributed by atoms with Crippen molar-refractivity contribution in [3.05, 3.63) is 71.8 Å². The molecule has 0 fully saturated rings. The largest absolute Gasteiger partial charge is 0.438 e. The average molecular weight is 235 g/mol. The van der Waals surface area contributed by atoms with E-state index < -0.39 is 0 Å². The van der Waals surface area contributed by atoms with Crippen molar-refractivity contribution >= 4 is 17.3 Å². The number of hydrogen-bond acceptors (Lipinski definition) is 2. The maximum absolute atomic E-state index is 5.63. The van der Waals surface area contributed by atoms with Crippen molar-refractivity contribution in [2.24, 2.45) is 4.99 Å². The Labute approximate surface area is 106 Å². The molecule has 1 aliphatic heterocycles. The standard InChI is InChI=1S/C16H13NO/c1-11-6-5-7-13(10-11)17-16-15-9-4-3-8-14(15)12(2)18-16/h3-10H,2H2,1H3. The second-order valence-electron chi connectivity index (χ2n) is 4.33. The van der Waals surface area contributed by atoms with Crippen molar-refractivity contribution in [2.45, 2.75) is 6.92 Å². The van der Waals surface area contributed by atoms with Gasteiger partial charge in [-0.25, -0.2) is 4.99 Å². The number of aliphatic imine (C=N–C) groups is 1. The fourth-order valence-corrected chi connectivity index (χ4v) is 2.04. The lowest BCUT2D eigenvalue weighted by atomic mass is 10.1. The second kappa shape index (κ2) is 4.15. The van der Waals surface area contributed by atoms with Gasteiger partial charge in [0.15, 0.2) is 0 Å². The summed E-state index contributed by atoms with van der Waals surface area (Å²) in [4.78, 5) is 4.54. The SMILES string of the molecule is C=C1OC(=Nc2cccc(C)c2)c2ccccc21. The summed E-state index contributed by atoms with van der Waals surface area (Å²) in [5, 5.41) is 0. The highest BCUT2D eigenvalue weighted by Gasteiger charge is 2.22. The highest BCUT2D eigenvalue weighted by atomic mass is 16.5. The van der Waals surface area contributed by atoms with Crippen molar-refractivity contribution in [1.29, 1.82) is 0 Å². The Bertz CT molecular complexity index is 656. The van der Waals surface area contributed by atoms with Gasteiger partial charge in [0, 0.05) is 11.1 Å². The number of hydrogen-bond donors (Lipinski definition) is 0. The van der Waals surface area contributed by atoms with E-state index >= 15 is 0 Å². The summed E-state index contributed by atoms with van der Waals surface area (Å²) in [6.07, 6.45) is 0. The van der Waals surface area contributed by atoms with Gasteiger partial charge in [0.2, 0.25) is 5.90 Å². The number of aryl methyl sites for hydroxylation is 1. The quantitative estimate of drug-likeness (QED) is 0.730. The van der Waals surface area contributed by atoms with Gasteiger partial charge in [-0.05, 0) is 30.7 Å². The molecular formula is C16H13NO. The fraction of sp³-hybridized carbons (Fsp3) is 0.0625. The molecule has 0 spiro atoms. The third-order valence-electron chi connectivity index (χ3n) is 2.91. The van der Waals surface area contributed by atoms with E-state index in [1.807, 2.05) is 55.5 Å². The lowest BCUT2D eigenvalue weighted by molar-refractivity contribution is 0.527. The van der Waals surface area contributed by atoms with E-state index in [-0.39, 0.29) is 0 Å². The van der Waals surface area contributed by atoms with E-state index in [0.717, 1.165) is 16.8 Å². The van der Waals surface area contributed by atoms with Crippen LogP contribution in [0.15, 0.2) is 60.1 Å². The Balaban J connectivity index is 2.07. The van der Waals surface area contributed by atoms with Gasteiger partial charge in [-0.15, -0.1) is 0 Å². The first-order valence-corrected chi connectivity index (χ1v) is 5.86. The van der Waals surface area contributed by atoms with Gasteiger partial charge in [-0.3, -0.25) is 0 Å². The van der Waals surface area contributed by atoms with Crippen LogP contribution in [0.5, 0.6) is 0 Å². The molecule has 18 heavy (non-hydrogen) atoms. The minimum Gasteiger partial charge on any atom is -0.438 e. The second-order valence-corrected chi connectivity index (χ2v) is 4.33. The Hall–Kier alpha value is -2.35. The molecule has 0 N–H and O–H groups in total. The van der Waals surface area contributed by atoms with Crippen LogP contribution in [0.3, 0.4) is 0 Å². The van der Waals surface area contributed by atoms with Crippen LogP contribution in [0, 0.1) is 6.92 Å². The summed E-state index contributed by atoms with van der Waals surface area (Å²) < 4.78 is 5.63. The topological polar surface area (TPSA) is 21.6 Å². The first kappa shape index (κ1) is 10.8. The lowest BCUT2D eigenvalue weighted by Gasteiger charge is -2.00. The number of benzene rings is 2. The smallest absolute Gasteiger partial charge is 0.227 e. The van der Waals surface area contributed by atoms with Crippen molar-refractivity contribution in [3.8, 4) is 0 Å². The molecule has 0 bridgehead atoms. The Morgan fingerprint density at radius 2 is 1.78 bits per heavy atom. The maximum atomic E-state index is 5.63. The van der Waals surface area contributed by atoms with Crippen LogP contribution in [-0.2, 0) is 4.74 Å². The molecule has 2 aromatic carbocycles. The molecule has 0 amide bonds. The maximum Gasteiger partial charge on any atom is 0.227 e. The van der Waals surface area contributed by atoms with Crippen LogP contribution in [0.4, 0.5) is 5.69 Å². The molecule has 1 aliphatic rings. The van der Waals surface area contributed by atoms with Crippen LogP contribution in [0.1, 0.15) is 16.7 Å². The van der Waals surface area contributed by atoms with Crippen molar-refractivity contribution in [1.82, 2.24) is 0 Å². The third kappa shape index (κ3) is 1.82. The predicted molar refractivity (Wildman–Crippen MR) is 73.9 cm³/mol. The highest BCUT2D eigenvalue weighted by Crippen LogP contribution is 2.30. The number of fused-ring (bicyclic) bond motifs is 1. The monoisotopic (exact) mass is 235 g/mol. The van der Waals surface area contributed by atoms with Gasteiger partial charge in [-0.2, -0.15) is 0 Å². The molecule has 88 valence electrons. The van der Waals surface area contributed by atoms with Gasteiger partial charge < -0.3 is 4.74 Å². The van der Waals surface area contributed by atoms with E-state index in [9.17, 15) is 0 Å². The summed E-state index contributed by atoms with van der Waals surface area (Å²) >= 11 is 0. The molecule has 0 aromatic heterocycles. The van der Waals surface area contributed by atoms with E-state index in [2.05, 4.69) is 11.6 Å². The zero-order valence-corrected chi connectivity index (χ0v) is 10.2. The molecule has 0 atom stereocenters. The van der Waals surface area contributed by atoms with Crippen molar-refractivity contribution in [3.63, 3.8) is 0 Å². The Morgan fingerprint density at radius 3 is 2.56 bits per heavy atom. The summed E-state index contributed by atoms with van der Waals surface area (Å²) in [6.45, 7) is 5.95. The van der Waals surface area contributed by atoms with Crippen LogP contribution < -0.4 is 0 Å². The van der Waals surface area contributed by atoms with E-state index in [0.29, 0.717) is 11.7 Å². The van der Waals surface area contributed by atoms with Crippen LogP contribution >= 0.6 is 0 Å². The highest BCUT2D eigenvalue weighted by molar-refractivity contribution is 6.06. The van der Waals surface area contributed by atoms with Gasteiger partial charge in [-0.1, -0.05) is 36.9 Å².